The van der Waals surface area contributed by atoms with Gasteiger partial charge in [0.1, 0.15) is 15.4 Å². The van der Waals surface area contributed by atoms with E-state index in [1.54, 1.807) is 11.3 Å². The highest BCUT2D eigenvalue weighted by molar-refractivity contribution is 7.11. The van der Waals surface area contributed by atoms with Crippen molar-refractivity contribution >= 4 is 22.9 Å². The molecule has 3 atom stereocenters. The zero-order valence-electron chi connectivity index (χ0n) is 10.6. The molecule has 1 aliphatic rings. The first kappa shape index (κ1) is 13.0. The number of hydrogen-bond donors (Lipinski definition) is 0. The Morgan fingerprint density at radius 3 is 2.79 bits per heavy atom. The fraction of sp³-hybridized carbons (Fsp3) is 0.429. The van der Waals surface area contributed by atoms with Crippen molar-refractivity contribution in [2.75, 3.05) is 6.61 Å². The van der Waals surface area contributed by atoms with Gasteiger partial charge in [-0.1, -0.05) is 41.7 Å². The molecule has 2 heterocycles. The van der Waals surface area contributed by atoms with Gasteiger partial charge < -0.3 is 4.74 Å². The van der Waals surface area contributed by atoms with Crippen LogP contribution in [0, 0.1) is 0 Å². The van der Waals surface area contributed by atoms with E-state index in [0.717, 1.165) is 28.6 Å². The highest BCUT2D eigenvalue weighted by atomic mass is 35.5. The maximum absolute atomic E-state index is 6.46. The van der Waals surface area contributed by atoms with Crippen LogP contribution in [0.15, 0.2) is 30.3 Å². The first-order valence-corrected chi connectivity index (χ1v) is 7.63. The second-order valence-electron chi connectivity index (χ2n) is 4.83. The van der Waals surface area contributed by atoms with Crippen LogP contribution in [0.1, 0.15) is 40.2 Å². The Kier molecular flexibility index (Phi) is 3.82. The quantitative estimate of drug-likeness (QED) is 0.809. The van der Waals surface area contributed by atoms with E-state index in [2.05, 4.69) is 17.1 Å². The second-order valence-corrected chi connectivity index (χ2v) is 6.31. The number of rotatable bonds is 3. The van der Waals surface area contributed by atoms with Crippen molar-refractivity contribution in [2.24, 2.45) is 0 Å². The topological polar surface area (TPSA) is 35.0 Å². The minimum absolute atomic E-state index is 0.216. The molecule has 5 heteroatoms. The zero-order chi connectivity index (χ0) is 13.2. The van der Waals surface area contributed by atoms with Crippen LogP contribution in [0.2, 0.25) is 0 Å². The smallest absolute Gasteiger partial charge is 0.139 e. The molecule has 1 aromatic heterocycles. The maximum atomic E-state index is 6.46. The summed E-state index contributed by atoms with van der Waals surface area (Å²) in [7, 11) is 0. The van der Waals surface area contributed by atoms with E-state index in [1.807, 2.05) is 30.3 Å². The van der Waals surface area contributed by atoms with Crippen molar-refractivity contribution in [1.82, 2.24) is 10.2 Å². The lowest BCUT2D eigenvalue weighted by molar-refractivity contribution is 0.123. The summed E-state index contributed by atoms with van der Waals surface area (Å²) in [6.07, 6.45) is 1.34. The van der Waals surface area contributed by atoms with E-state index >= 15 is 0 Å². The monoisotopic (exact) mass is 294 g/mol. The molecule has 0 bridgehead atoms. The van der Waals surface area contributed by atoms with Crippen LogP contribution < -0.4 is 0 Å². The highest BCUT2D eigenvalue weighted by Gasteiger charge is 2.27. The van der Waals surface area contributed by atoms with E-state index < -0.39 is 0 Å². The van der Waals surface area contributed by atoms with Crippen LogP contribution >= 0.6 is 22.9 Å². The lowest BCUT2D eigenvalue weighted by Crippen LogP contribution is -1.97. The summed E-state index contributed by atoms with van der Waals surface area (Å²) in [6.45, 7) is 2.84. The Morgan fingerprint density at radius 1 is 1.32 bits per heavy atom. The Labute approximate surface area is 121 Å². The molecule has 1 saturated heterocycles. The highest BCUT2D eigenvalue weighted by Crippen LogP contribution is 2.36. The summed E-state index contributed by atoms with van der Waals surface area (Å²) in [5.41, 5.74) is 1.06. The molecule has 1 aliphatic heterocycles. The molecular formula is C14H15ClN2OS. The van der Waals surface area contributed by atoms with Gasteiger partial charge >= 0.3 is 0 Å². The Bertz CT molecular complexity index is 545. The minimum atomic E-state index is -0.216. The number of hydrogen-bond acceptors (Lipinski definition) is 4. The number of ether oxygens (including phenoxy) is 1. The number of aromatic nitrogens is 2. The predicted molar refractivity (Wildman–Crippen MR) is 76.8 cm³/mol. The average Bonchev–Trinajstić information content (AvgIpc) is 3.07. The van der Waals surface area contributed by atoms with E-state index in [4.69, 9.17) is 16.3 Å². The summed E-state index contributed by atoms with van der Waals surface area (Å²) >= 11 is 8.06. The van der Waals surface area contributed by atoms with Crippen LogP contribution in [-0.2, 0) is 4.74 Å². The van der Waals surface area contributed by atoms with Crippen molar-refractivity contribution < 1.29 is 4.74 Å². The molecule has 0 N–H and O–H groups in total. The molecular weight excluding hydrogens is 280 g/mol. The van der Waals surface area contributed by atoms with Crippen molar-refractivity contribution in [1.29, 1.82) is 0 Å². The lowest BCUT2D eigenvalue weighted by Gasteiger charge is -2.05. The van der Waals surface area contributed by atoms with Gasteiger partial charge in [0.25, 0.3) is 0 Å². The minimum Gasteiger partial charge on any atom is -0.378 e. The molecule has 2 aromatic rings. The van der Waals surface area contributed by atoms with Gasteiger partial charge in [-0.05, 0) is 18.9 Å². The lowest BCUT2D eigenvalue weighted by atomic mass is 10.1. The fourth-order valence-electron chi connectivity index (χ4n) is 2.27. The average molecular weight is 295 g/mol. The third-order valence-corrected chi connectivity index (χ3v) is 5.05. The summed E-state index contributed by atoms with van der Waals surface area (Å²) in [5.74, 6) is 0.376. The van der Waals surface area contributed by atoms with Crippen molar-refractivity contribution in [3.63, 3.8) is 0 Å². The largest absolute Gasteiger partial charge is 0.378 e. The van der Waals surface area contributed by atoms with E-state index in [9.17, 15) is 0 Å². The van der Waals surface area contributed by atoms with Crippen molar-refractivity contribution in [2.45, 2.75) is 30.7 Å². The van der Waals surface area contributed by atoms with Gasteiger partial charge in [-0.25, -0.2) is 0 Å². The van der Waals surface area contributed by atoms with Crippen LogP contribution in [0.25, 0.3) is 0 Å². The third-order valence-electron chi connectivity index (χ3n) is 3.31. The first-order chi connectivity index (χ1) is 9.24. The number of alkyl halides is 1. The maximum Gasteiger partial charge on any atom is 0.139 e. The van der Waals surface area contributed by atoms with Crippen molar-refractivity contribution in [3.05, 3.63) is 45.9 Å². The molecule has 0 radical (unpaired) electrons. The molecule has 0 saturated carbocycles. The van der Waals surface area contributed by atoms with Gasteiger partial charge in [0.05, 0.1) is 12.7 Å². The molecule has 0 aliphatic carbocycles. The third kappa shape index (κ3) is 2.81. The Morgan fingerprint density at radius 2 is 2.11 bits per heavy atom. The Balaban J connectivity index is 1.78. The van der Waals surface area contributed by atoms with Gasteiger partial charge in [0.15, 0.2) is 0 Å². The predicted octanol–water partition coefficient (Wildman–Crippen LogP) is 3.76. The van der Waals surface area contributed by atoms with Gasteiger partial charge in [-0.2, -0.15) is 0 Å². The van der Waals surface area contributed by atoms with Crippen LogP contribution in [0.4, 0.5) is 0 Å². The fourth-order valence-corrected chi connectivity index (χ4v) is 3.54. The molecule has 0 spiro atoms. The van der Waals surface area contributed by atoms with E-state index in [-0.39, 0.29) is 5.38 Å². The molecule has 3 unspecified atom stereocenters. The molecule has 0 amide bonds. The van der Waals surface area contributed by atoms with E-state index in [1.165, 1.54) is 0 Å². The second kappa shape index (κ2) is 5.57. The number of benzene rings is 1. The standard InChI is InChI=1S/C14H15ClN2OS/c1-9-7-11(8-18-9)13-16-17-14(19-13)12(15)10-5-3-2-4-6-10/h2-6,9,11-12H,7-8H2,1H3. The van der Waals surface area contributed by atoms with Gasteiger partial charge in [0, 0.05) is 5.92 Å². The molecule has 3 nitrogen and oxygen atoms in total. The molecule has 19 heavy (non-hydrogen) atoms. The van der Waals surface area contributed by atoms with Gasteiger partial charge in [-0.3, -0.25) is 0 Å². The summed E-state index contributed by atoms with van der Waals surface area (Å²) in [6, 6.07) is 9.98. The summed E-state index contributed by atoms with van der Waals surface area (Å²) < 4.78 is 5.58. The zero-order valence-corrected chi connectivity index (χ0v) is 12.2. The normalized spacial score (nSPS) is 24.5. The van der Waals surface area contributed by atoms with Crippen molar-refractivity contribution in [3.8, 4) is 0 Å². The van der Waals surface area contributed by atoms with Crippen LogP contribution in [0.5, 0.6) is 0 Å². The Hall–Kier alpha value is -0.970. The number of halogens is 1. The summed E-state index contributed by atoms with van der Waals surface area (Å²) in [4.78, 5) is 0. The molecule has 1 fully saturated rings. The summed E-state index contributed by atoms with van der Waals surface area (Å²) in [5, 5.41) is 10.2. The number of nitrogens with zero attached hydrogens (tertiary/aromatic N) is 2. The molecule has 1 aromatic carbocycles. The van der Waals surface area contributed by atoms with Gasteiger partial charge in [-0.15, -0.1) is 21.8 Å². The van der Waals surface area contributed by atoms with Crippen LogP contribution in [-0.4, -0.2) is 22.9 Å². The van der Waals surface area contributed by atoms with Crippen LogP contribution in [0.3, 0.4) is 0 Å². The van der Waals surface area contributed by atoms with Gasteiger partial charge in [0.2, 0.25) is 0 Å². The molecule has 3 rings (SSSR count). The first-order valence-electron chi connectivity index (χ1n) is 6.38. The molecule has 100 valence electrons. The SMILES string of the molecule is CC1CC(c2nnc(C(Cl)c3ccccc3)s2)CO1. The van der Waals surface area contributed by atoms with E-state index in [0.29, 0.717) is 12.0 Å².